The lowest BCUT2D eigenvalue weighted by atomic mass is 9.66. The van der Waals surface area contributed by atoms with Gasteiger partial charge in [0.25, 0.3) is 0 Å². The van der Waals surface area contributed by atoms with Crippen molar-refractivity contribution in [1.29, 1.82) is 0 Å². The maximum Gasteiger partial charge on any atom is 0.238 e. The first kappa shape index (κ1) is 15.5. The molecule has 5 heteroatoms. The minimum Gasteiger partial charge on any atom is -0.274 e. The van der Waals surface area contributed by atoms with E-state index in [-0.39, 0.29) is 35.0 Å². The highest BCUT2D eigenvalue weighted by molar-refractivity contribution is 7.90. The zero-order valence-electron chi connectivity index (χ0n) is 12.8. The Balaban J connectivity index is 2.40. The molecule has 1 heterocycles. The van der Waals surface area contributed by atoms with Gasteiger partial charge in [0.1, 0.15) is 0 Å². The maximum atomic E-state index is 12.5. The summed E-state index contributed by atoms with van der Waals surface area (Å²) in [6.07, 6.45) is 3.17. The average Bonchev–Trinajstić information content (AvgIpc) is 2.62. The van der Waals surface area contributed by atoms with Crippen molar-refractivity contribution in [2.24, 2.45) is 16.7 Å². The number of hydrogen-bond acceptors (Lipinski definition) is 3. The third-order valence-electron chi connectivity index (χ3n) is 5.89. The number of sulfonamides is 1. The van der Waals surface area contributed by atoms with E-state index in [0.717, 1.165) is 6.42 Å². The highest BCUT2D eigenvalue weighted by Crippen LogP contribution is 2.61. The number of rotatable bonds is 3. The van der Waals surface area contributed by atoms with Gasteiger partial charge in [-0.05, 0) is 24.2 Å². The van der Waals surface area contributed by atoms with Gasteiger partial charge in [-0.1, -0.05) is 33.8 Å². The molecule has 20 heavy (non-hydrogen) atoms. The summed E-state index contributed by atoms with van der Waals surface area (Å²) in [6, 6.07) is -0.185. The molecule has 4 nitrogen and oxygen atoms in total. The second-order valence-electron chi connectivity index (χ2n) is 7.06. The van der Waals surface area contributed by atoms with Gasteiger partial charge in [0.05, 0.1) is 11.8 Å². The fourth-order valence-electron chi connectivity index (χ4n) is 3.83. The van der Waals surface area contributed by atoms with Crippen molar-refractivity contribution in [3.8, 4) is 0 Å². The van der Waals surface area contributed by atoms with Crippen molar-refractivity contribution in [2.45, 2.75) is 53.0 Å². The van der Waals surface area contributed by atoms with Gasteiger partial charge in [0, 0.05) is 11.8 Å². The zero-order valence-corrected chi connectivity index (χ0v) is 13.7. The zero-order chi connectivity index (χ0) is 15.3. The van der Waals surface area contributed by atoms with Crippen molar-refractivity contribution in [2.75, 3.05) is 5.75 Å². The van der Waals surface area contributed by atoms with Crippen LogP contribution in [-0.2, 0) is 14.8 Å². The molecule has 0 aromatic rings. The van der Waals surface area contributed by atoms with E-state index in [2.05, 4.69) is 27.4 Å². The van der Waals surface area contributed by atoms with E-state index >= 15 is 0 Å². The van der Waals surface area contributed by atoms with E-state index < -0.39 is 10.0 Å². The van der Waals surface area contributed by atoms with Gasteiger partial charge < -0.3 is 0 Å². The Morgan fingerprint density at radius 2 is 2.00 bits per heavy atom. The first-order chi connectivity index (χ1) is 9.08. The smallest absolute Gasteiger partial charge is 0.238 e. The van der Waals surface area contributed by atoms with E-state index in [1.807, 2.05) is 6.92 Å². The van der Waals surface area contributed by atoms with Gasteiger partial charge in [0.15, 0.2) is 0 Å². The lowest BCUT2D eigenvalue weighted by Crippen LogP contribution is -2.43. The normalized spacial score (nSPS) is 37.7. The topological polar surface area (TPSA) is 54.5 Å². The van der Waals surface area contributed by atoms with Crippen LogP contribution in [-0.4, -0.2) is 30.4 Å². The third-order valence-corrected chi connectivity index (χ3v) is 7.91. The van der Waals surface area contributed by atoms with Crippen LogP contribution in [0.15, 0.2) is 12.7 Å². The summed E-state index contributed by atoms with van der Waals surface area (Å²) in [4.78, 5) is 12.3. The van der Waals surface area contributed by atoms with E-state index in [4.69, 9.17) is 0 Å². The molecule has 2 aliphatic rings. The molecule has 1 saturated heterocycles. The van der Waals surface area contributed by atoms with Crippen molar-refractivity contribution >= 4 is 15.9 Å². The molecule has 0 unspecified atom stereocenters. The summed E-state index contributed by atoms with van der Waals surface area (Å²) in [5.41, 5.74) is -0.437. The molecule has 0 radical (unpaired) electrons. The van der Waals surface area contributed by atoms with Crippen molar-refractivity contribution in [3.63, 3.8) is 0 Å². The van der Waals surface area contributed by atoms with E-state index in [9.17, 15) is 13.2 Å². The lowest BCUT2D eigenvalue weighted by molar-refractivity contribution is -0.128. The second-order valence-corrected chi connectivity index (χ2v) is 8.91. The van der Waals surface area contributed by atoms with E-state index in [1.165, 1.54) is 4.31 Å². The van der Waals surface area contributed by atoms with Crippen LogP contribution in [0.25, 0.3) is 0 Å². The summed E-state index contributed by atoms with van der Waals surface area (Å²) >= 11 is 0. The Kier molecular flexibility index (Phi) is 3.56. The second kappa shape index (κ2) is 4.58. The van der Waals surface area contributed by atoms with Gasteiger partial charge in [-0.2, -0.15) is 0 Å². The summed E-state index contributed by atoms with van der Waals surface area (Å²) in [5.74, 6) is 0.216. The van der Waals surface area contributed by atoms with Gasteiger partial charge in [-0.15, -0.1) is 6.58 Å². The lowest BCUT2D eigenvalue weighted by Gasteiger charge is -2.39. The number of carbonyl (C=O) groups is 1. The molecule has 3 atom stereocenters. The fourth-order valence-corrected chi connectivity index (χ4v) is 6.39. The van der Waals surface area contributed by atoms with Crippen LogP contribution in [0.2, 0.25) is 0 Å². The molecule has 0 N–H and O–H groups in total. The molecule has 2 rings (SSSR count). The minimum absolute atomic E-state index is 0.0851. The monoisotopic (exact) mass is 299 g/mol. The number of carbonyl (C=O) groups excluding carboxylic acids is 1. The molecule has 1 saturated carbocycles. The number of allylic oxidation sites excluding steroid dienone is 1. The number of amides is 1. The van der Waals surface area contributed by atoms with E-state index in [0.29, 0.717) is 12.3 Å². The van der Waals surface area contributed by atoms with Crippen LogP contribution in [0.5, 0.6) is 0 Å². The molecule has 0 spiro atoms. The van der Waals surface area contributed by atoms with Crippen molar-refractivity contribution in [3.05, 3.63) is 12.7 Å². The average molecular weight is 299 g/mol. The number of fused-ring (bicyclic) bond motifs is 1. The molecule has 1 aliphatic carbocycles. The Labute approximate surface area is 122 Å². The molecule has 1 aliphatic heterocycles. The molecule has 1 amide bonds. The highest BCUT2D eigenvalue weighted by Gasteiger charge is 2.66. The Hall–Kier alpha value is -0.840. The molecular formula is C15H25NO3S. The van der Waals surface area contributed by atoms with Gasteiger partial charge in [0.2, 0.25) is 15.9 Å². The van der Waals surface area contributed by atoms with Crippen LogP contribution in [0.4, 0.5) is 0 Å². The molecule has 0 aromatic heterocycles. The maximum absolute atomic E-state index is 12.5. The standard InChI is InChI=1S/C15H25NO3S/c1-6-7-8-13(17)16-12-9-11(2)14(3,4)15(12,5)10-20(16,18)19/h6,11-12H,1,7-10H2,2-5H3/t11-,12-,15-/m0/s1. The Morgan fingerprint density at radius 3 is 2.55 bits per heavy atom. The summed E-state index contributed by atoms with van der Waals surface area (Å²) in [7, 11) is -3.48. The third kappa shape index (κ3) is 1.93. The predicted molar refractivity (Wildman–Crippen MR) is 79.5 cm³/mol. The number of hydrogen-bond donors (Lipinski definition) is 0. The minimum atomic E-state index is -3.48. The van der Waals surface area contributed by atoms with Crippen LogP contribution in [0, 0.1) is 16.7 Å². The van der Waals surface area contributed by atoms with Crippen molar-refractivity contribution in [1.82, 2.24) is 4.31 Å². The number of nitrogens with zero attached hydrogens (tertiary/aromatic N) is 1. The van der Waals surface area contributed by atoms with Crippen LogP contribution >= 0.6 is 0 Å². The summed E-state index contributed by atoms with van der Waals surface area (Å²) in [6.45, 7) is 12.0. The summed E-state index contributed by atoms with van der Waals surface area (Å²) < 4.78 is 26.1. The Bertz CT molecular complexity index is 537. The van der Waals surface area contributed by atoms with Gasteiger partial charge in [-0.25, -0.2) is 12.7 Å². The van der Waals surface area contributed by atoms with Gasteiger partial charge >= 0.3 is 0 Å². The van der Waals surface area contributed by atoms with Gasteiger partial charge in [-0.3, -0.25) is 4.79 Å². The fraction of sp³-hybridized carbons (Fsp3) is 0.800. The molecule has 2 fully saturated rings. The van der Waals surface area contributed by atoms with Crippen LogP contribution in [0.1, 0.15) is 47.0 Å². The van der Waals surface area contributed by atoms with E-state index in [1.54, 1.807) is 6.08 Å². The molecule has 0 aromatic carbocycles. The summed E-state index contributed by atoms with van der Waals surface area (Å²) in [5, 5.41) is 0. The molecule has 114 valence electrons. The molecule has 0 bridgehead atoms. The van der Waals surface area contributed by atoms with Crippen LogP contribution in [0.3, 0.4) is 0 Å². The quantitative estimate of drug-likeness (QED) is 0.753. The Morgan fingerprint density at radius 1 is 1.40 bits per heavy atom. The SMILES string of the molecule is C=CCCC(=O)N1[C@H]2C[C@H](C)C(C)(C)[C@@]2(C)CS1(=O)=O. The van der Waals surface area contributed by atoms with Crippen LogP contribution < -0.4 is 0 Å². The van der Waals surface area contributed by atoms with Crippen molar-refractivity contribution < 1.29 is 13.2 Å². The largest absolute Gasteiger partial charge is 0.274 e. The predicted octanol–water partition coefficient (Wildman–Crippen LogP) is 2.57. The first-order valence-electron chi connectivity index (χ1n) is 7.24. The first-order valence-corrected chi connectivity index (χ1v) is 8.84. The highest BCUT2D eigenvalue weighted by atomic mass is 32.2. The molecular weight excluding hydrogens is 274 g/mol.